The van der Waals surface area contributed by atoms with Gasteiger partial charge in [-0.25, -0.2) is 0 Å². The Morgan fingerprint density at radius 1 is 0.800 bits per heavy atom. The molecule has 0 saturated heterocycles. The van der Waals surface area contributed by atoms with E-state index >= 15 is 0 Å². The summed E-state index contributed by atoms with van der Waals surface area (Å²) < 4.78 is 10.0. The molecule has 0 aliphatic heterocycles. The predicted octanol–water partition coefficient (Wildman–Crippen LogP) is 1.90. The summed E-state index contributed by atoms with van der Waals surface area (Å²) in [4.78, 5) is 0. The Kier molecular flexibility index (Phi) is 27.4. The molecule has 0 atom stereocenters. The largest absolute Gasteiger partial charge is 0.379 e. The van der Waals surface area contributed by atoms with Gasteiger partial charge in [-0.15, -0.1) is 24.8 Å². The fourth-order valence-electron chi connectivity index (χ4n) is 0.407. The topological polar surface area (TPSA) is 18.5 Å². The van der Waals surface area contributed by atoms with Gasteiger partial charge in [0.05, 0.1) is 13.2 Å². The average Bonchev–Trinajstić information content (AvgIpc) is 1.81. The molecule has 0 spiro atoms. The Hall–Kier alpha value is 0.500. The Balaban J connectivity index is -0.000000245. The first-order chi connectivity index (χ1) is 3.91. The molecule has 0 aliphatic carbocycles. The molecule has 0 bridgehead atoms. The number of hydrogen-bond donors (Lipinski definition) is 0. The quantitative estimate of drug-likeness (QED) is 0.618. The van der Waals surface area contributed by atoms with Crippen LogP contribution in [0.1, 0.15) is 13.8 Å². The lowest BCUT2D eigenvalue weighted by atomic mass is 10.7. The second kappa shape index (κ2) is 16.2. The lowest BCUT2D eigenvalue weighted by Gasteiger charge is -1.99. The van der Waals surface area contributed by atoms with Crippen LogP contribution in [0.5, 0.6) is 0 Å². The highest BCUT2D eigenvalue weighted by Crippen LogP contribution is 1.75. The van der Waals surface area contributed by atoms with E-state index in [-0.39, 0.29) is 24.8 Å². The van der Waals surface area contributed by atoms with Crippen molar-refractivity contribution in [1.29, 1.82) is 0 Å². The standard InChI is InChI=1S/C6H14O2.2ClH/c1-3-7-5-6-8-4-2;;/h3-6H2,1-2H3;2*1H. The van der Waals surface area contributed by atoms with Crippen molar-refractivity contribution in [2.45, 2.75) is 13.8 Å². The molecule has 0 aromatic heterocycles. The van der Waals surface area contributed by atoms with Crippen LogP contribution in [0, 0.1) is 0 Å². The van der Waals surface area contributed by atoms with Crippen LogP contribution < -0.4 is 0 Å². The summed E-state index contributed by atoms with van der Waals surface area (Å²) in [7, 11) is 0. The molecule has 0 N–H and O–H groups in total. The SMILES string of the molecule is CCOCCOCC.Cl.Cl. The molecule has 0 saturated carbocycles. The molecule has 0 amide bonds. The first-order valence-electron chi connectivity index (χ1n) is 3.07. The maximum absolute atomic E-state index is 5.01. The highest BCUT2D eigenvalue weighted by molar-refractivity contribution is 5.85. The molecule has 0 rings (SSSR count). The summed E-state index contributed by atoms with van der Waals surface area (Å²) in [6, 6.07) is 0. The average molecular weight is 191 g/mol. The minimum absolute atomic E-state index is 0. The molecule has 4 heteroatoms. The molecule has 2 nitrogen and oxygen atoms in total. The van der Waals surface area contributed by atoms with Crippen molar-refractivity contribution in [2.24, 2.45) is 0 Å². The second-order valence-corrected chi connectivity index (χ2v) is 1.39. The zero-order valence-corrected chi connectivity index (χ0v) is 8.09. The Bertz CT molecular complexity index is 38.7. The third-order valence-corrected chi connectivity index (χ3v) is 0.780. The van der Waals surface area contributed by atoms with Crippen LogP contribution in [0.15, 0.2) is 0 Å². The first kappa shape index (κ1) is 16.8. The third-order valence-electron chi connectivity index (χ3n) is 0.780. The maximum Gasteiger partial charge on any atom is 0.0700 e. The van der Waals surface area contributed by atoms with Crippen molar-refractivity contribution in [2.75, 3.05) is 26.4 Å². The molecule has 0 radical (unpaired) electrons. The Morgan fingerprint density at radius 3 is 1.30 bits per heavy atom. The summed E-state index contributed by atoms with van der Waals surface area (Å²) in [6.45, 7) is 6.98. The van der Waals surface area contributed by atoms with Gasteiger partial charge >= 0.3 is 0 Å². The van der Waals surface area contributed by atoms with E-state index < -0.39 is 0 Å². The number of ether oxygens (including phenoxy) is 2. The van der Waals surface area contributed by atoms with Crippen molar-refractivity contribution in [1.82, 2.24) is 0 Å². The highest BCUT2D eigenvalue weighted by atomic mass is 35.5. The smallest absolute Gasteiger partial charge is 0.0700 e. The first-order valence-corrected chi connectivity index (χ1v) is 3.07. The highest BCUT2D eigenvalue weighted by Gasteiger charge is 1.81. The van der Waals surface area contributed by atoms with Gasteiger partial charge in [0.2, 0.25) is 0 Å². The Labute approximate surface area is 75.1 Å². The Morgan fingerprint density at radius 2 is 1.10 bits per heavy atom. The molecule has 0 fully saturated rings. The van der Waals surface area contributed by atoms with Gasteiger partial charge in [-0.1, -0.05) is 0 Å². The number of halogens is 2. The van der Waals surface area contributed by atoms with Crippen molar-refractivity contribution < 1.29 is 9.47 Å². The van der Waals surface area contributed by atoms with Crippen molar-refractivity contribution in [3.8, 4) is 0 Å². The van der Waals surface area contributed by atoms with Gasteiger partial charge in [-0.05, 0) is 13.8 Å². The van der Waals surface area contributed by atoms with Crippen molar-refractivity contribution >= 4 is 24.8 Å². The van der Waals surface area contributed by atoms with Gasteiger partial charge < -0.3 is 9.47 Å². The predicted molar refractivity (Wildman–Crippen MR) is 47.5 cm³/mol. The van der Waals surface area contributed by atoms with E-state index in [2.05, 4.69) is 0 Å². The molecular formula is C6H16Cl2O2. The van der Waals surface area contributed by atoms with Gasteiger partial charge in [-0.2, -0.15) is 0 Å². The molecule has 0 aromatic rings. The normalized spacial score (nSPS) is 7.80. The van der Waals surface area contributed by atoms with E-state index in [1.54, 1.807) is 0 Å². The van der Waals surface area contributed by atoms with Crippen LogP contribution in [-0.2, 0) is 9.47 Å². The van der Waals surface area contributed by atoms with E-state index in [1.165, 1.54) is 0 Å². The minimum atomic E-state index is 0. The fraction of sp³-hybridized carbons (Fsp3) is 1.00. The summed E-state index contributed by atoms with van der Waals surface area (Å²) in [5, 5.41) is 0. The van der Waals surface area contributed by atoms with Crippen LogP contribution in [0.25, 0.3) is 0 Å². The molecule has 66 valence electrons. The van der Waals surface area contributed by atoms with E-state index in [1.807, 2.05) is 13.8 Å². The molecule has 0 heterocycles. The van der Waals surface area contributed by atoms with Crippen LogP contribution in [0.4, 0.5) is 0 Å². The van der Waals surface area contributed by atoms with Crippen LogP contribution in [0.3, 0.4) is 0 Å². The van der Waals surface area contributed by atoms with Crippen molar-refractivity contribution in [3.05, 3.63) is 0 Å². The molecule has 10 heavy (non-hydrogen) atoms. The van der Waals surface area contributed by atoms with Crippen molar-refractivity contribution in [3.63, 3.8) is 0 Å². The third kappa shape index (κ3) is 15.8. The monoisotopic (exact) mass is 190 g/mol. The fourth-order valence-corrected chi connectivity index (χ4v) is 0.407. The molecular weight excluding hydrogens is 175 g/mol. The number of rotatable bonds is 5. The lowest BCUT2D eigenvalue weighted by Crippen LogP contribution is -2.02. The second-order valence-electron chi connectivity index (χ2n) is 1.39. The summed E-state index contributed by atoms with van der Waals surface area (Å²) in [6.07, 6.45) is 0. The van der Waals surface area contributed by atoms with Gasteiger partial charge in [-0.3, -0.25) is 0 Å². The van der Waals surface area contributed by atoms with E-state index in [9.17, 15) is 0 Å². The lowest BCUT2D eigenvalue weighted by molar-refractivity contribution is 0.0584. The van der Waals surface area contributed by atoms with Crippen LogP contribution in [-0.4, -0.2) is 26.4 Å². The maximum atomic E-state index is 5.01. The van der Waals surface area contributed by atoms with Crippen LogP contribution in [0.2, 0.25) is 0 Å². The molecule has 0 unspecified atom stereocenters. The minimum Gasteiger partial charge on any atom is -0.379 e. The molecule has 0 aromatic carbocycles. The van der Waals surface area contributed by atoms with E-state index in [0.717, 1.165) is 26.4 Å². The summed E-state index contributed by atoms with van der Waals surface area (Å²) in [5.41, 5.74) is 0. The number of hydrogen-bond acceptors (Lipinski definition) is 2. The van der Waals surface area contributed by atoms with Gasteiger partial charge in [0.15, 0.2) is 0 Å². The zero-order valence-electron chi connectivity index (χ0n) is 6.46. The van der Waals surface area contributed by atoms with E-state index in [4.69, 9.17) is 9.47 Å². The summed E-state index contributed by atoms with van der Waals surface area (Å²) >= 11 is 0. The van der Waals surface area contributed by atoms with Gasteiger partial charge in [0.25, 0.3) is 0 Å². The van der Waals surface area contributed by atoms with Gasteiger partial charge in [0, 0.05) is 13.2 Å². The van der Waals surface area contributed by atoms with Gasteiger partial charge in [0.1, 0.15) is 0 Å². The van der Waals surface area contributed by atoms with Crippen LogP contribution >= 0.6 is 24.8 Å². The summed E-state index contributed by atoms with van der Waals surface area (Å²) in [5.74, 6) is 0. The molecule has 0 aliphatic rings. The zero-order chi connectivity index (χ0) is 6.24. The van der Waals surface area contributed by atoms with E-state index in [0.29, 0.717) is 0 Å².